The van der Waals surface area contributed by atoms with Gasteiger partial charge >= 0.3 is 0 Å². The summed E-state index contributed by atoms with van der Waals surface area (Å²) in [5, 5.41) is 3.07. The van der Waals surface area contributed by atoms with E-state index in [9.17, 15) is 0 Å². The van der Waals surface area contributed by atoms with E-state index in [4.69, 9.17) is 10.5 Å². The fourth-order valence-corrected chi connectivity index (χ4v) is 0.912. The molecule has 1 saturated heterocycles. The monoisotopic (exact) mass is 116 g/mol. The van der Waals surface area contributed by atoms with Crippen LogP contribution in [0.3, 0.4) is 0 Å². The molecule has 2 unspecified atom stereocenters. The highest BCUT2D eigenvalue weighted by Crippen LogP contribution is 2.03. The Labute approximate surface area is 49.2 Å². The van der Waals surface area contributed by atoms with Crippen LogP contribution in [0.15, 0.2) is 0 Å². The van der Waals surface area contributed by atoms with Crippen LogP contribution >= 0.6 is 0 Å². The van der Waals surface area contributed by atoms with Crippen molar-refractivity contribution in [1.82, 2.24) is 5.32 Å². The smallest absolute Gasteiger partial charge is 0.0723 e. The highest BCUT2D eigenvalue weighted by Gasteiger charge is 2.19. The zero-order valence-corrected chi connectivity index (χ0v) is 5.05. The molecule has 48 valence electrons. The van der Waals surface area contributed by atoms with Crippen molar-refractivity contribution in [3.05, 3.63) is 0 Å². The Morgan fingerprint density at radius 1 is 1.75 bits per heavy atom. The summed E-state index contributed by atoms with van der Waals surface area (Å²) in [6.07, 6.45) is 1.43. The largest absolute Gasteiger partial charge is 0.380 e. The Kier molecular flexibility index (Phi) is 1.83. The van der Waals surface area contributed by atoms with Crippen molar-refractivity contribution in [1.29, 1.82) is 0 Å². The summed E-state index contributed by atoms with van der Waals surface area (Å²) < 4.78 is 5.04. The highest BCUT2D eigenvalue weighted by molar-refractivity contribution is 4.76. The normalized spacial score (nSPS) is 38.2. The third-order valence-electron chi connectivity index (χ3n) is 1.46. The van der Waals surface area contributed by atoms with Crippen LogP contribution in [0, 0.1) is 0 Å². The summed E-state index contributed by atoms with van der Waals surface area (Å²) in [5.41, 5.74) is 5.51. The molecule has 0 saturated carbocycles. The summed E-state index contributed by atoms with van der Waals surface area (Å²) in [6, 6.07) is 0. The summed E-state index contributed by atoms with van der Waals surface area (Å²) in [4.78, 5) is 0. The van der Waals surface area contributed by atoms with E-state index in [1.807, 2.05) is 0 Å². The van der Waals surface area contributed by atoms with Gasteiger partial charge in [0.25, 0.3) is 0 Å². The maximum absolute atomic E-state index is 5.51. The van der Waals surface area contributed by atoms with Crippen LogP contribution in [-0.2, 0) is 4.74 Å². The van der Waals surface area contributed by atoms with E-state index in [2.05, 4.69) is 5.32 Å². The van der Waals surface area contributed by atoms with Gasteiger partial charge in [-0.05, 0) is 0 Å². The molecule has 0 amide bonds. The lowest BCUT2D eigenvalue weighted by Crippen LogP contribution is -2.30. The van der Waals surface area contributed by atoms with E-state index in [1.54, 1.807) is 7.11 Å². The molecule has 0 bridgehead atoms. The van der Waals surface area contributed by atoms with Crippen LogP contribution in [0.5, 0.6) is 0 Å². The lowest BCUT2D eigenvalue weighted by molar-refractivity contribution is 0.117. The average molecular weight is 116 g/mol. The second-order valence-electron chi connectivity index (χ2n) is 2.11. The molecule has 1 aliphatic rings. The lowest BCUT2D eigenvalue weighted by Gasteiger charge is -2.02. The Morgan fingerprint density at radius 2 is 2.50 bits per heavy atom. The predicted octanol–water partition coefficient (Wildman–Crippen LogP) is -0.720. The first-order valence-corrected chi connectivity index (χ1v) is 2.84. The van der Waals surface area contributed by atoms with E-state index in [0.29, 0.717) is 6.10 Å². The lowest BCUT2D eigenvalue weighted by atomic mass is 10.3. The van der Waals surface area contributed by atoms with E-state index >= 15 is 0 Å². The third kappa shape index (κ3) is 1.18. The highest BCUT2D eigenvalue weighted by atomic mass is 16.5. The van der Waals surface area contributed by atoms with Crippen LogP contribution in [0.25, 0.3) is 0 Å². The van der Waals surface area contributed by atoms with Gasteiger partial charge in [-0.2, -0.15) is 0 Å². The van der Waals surface area contributed by atoms with E-state index in [1.165, 1.54) is 0 Å². The average Bonchev–Trinajstić information content (AvgIpc) is 2.14. The number of nitrogens with two attached hydrogens (primary N) is 1. The quantitative estimate of drug-likeness (QED) is 0.475. The van der Waals surface area contributed by atoms with E-state index in [-0.39, 0.29) is 6.17 Å². The number of ether oxygens (including phenoxy) is 1. The zero-order chi connectivity index (χ0) is 5.98. The van der Waals surface area contributed by atoms with Crippen molar-refractivity contribution in [3.63, 3.8) is 0 Å². The van der Waals surface area contributed by atoms with Crippen molar-refractivity contribution in [3.8, 4) is 0 Å². The van der Waals surface area contributed by atoms with Gasteiger partial charge in [0, 0.05) is 20.1 Å². The van der Waals surface area contributed by atoms with Gasteiger partial charge in [0.15, 0.2) is 0 Å². The number of rotatable bonds is 1. The van der Waals surface area contributed by atoms with Gasteiger partial charge in [-0.15, -0.1) is 0 Å². The fourth-order valence-electron chi connectivity index (χ4n) is 0.912. The Balaban J connectivity index is 2.22. The molecule has 0 aromatic carbocycles. The van der Waals surface area contributed by atoms with Crippen molar-refractivity contribution >= 4 is 0 Å². The minimum absolute atomic E-state index is 0.153. The first-order chi connectivity index (χ1) is 3.83. The van der Waals surface area contributed by atoms with Gasteiger partial charge in [-0.3, -0.25) is 5.32 Å². The molecule has 0 aromatic rings. The van der Waals surface area contributed by atoms with Gasteiger partial charge in [0.05, 0.1) is 12.3 Å². The molecular weight excluding hydrogens is 104 g/mol. The molecule has 0 spiro atoms. The number of nitrogens with one attached hydrogen (secondary N) is 1. The van der Waals surface area contributed by atoms with Gasteiger partial charge in [0.1, 0.15) is 0 Å². The topological polar surface area (TPSA) is 47.3 Å². The Morgan fingerprint density at radius 3 is 2.75 bits per heavy atom. The molecule has 3 nitrogen and oxygen atoms in total. The fraction of sp³-hybridized carbons (Fsp3) is 1.00. The SMILES string of the molecule is COC1CNC(N)C1. The van der Waals surface area contributed by atoms with E-state index < -0.39 is 0 Å². The van der Waals surface area contributed by atoms with E-state index in [0.717, 1.165) is 13.0 Å². The van der Waals surface area contributed by atoms with Crippen molar-refractivity contribution in [2.75, 3.05) is 13.7 Å². The molecule has 3 heteroatoms. The van der Waals surface area contributed by atoms with Gasteiger partial charge in [-0.25, -0.2) is 0 Å². The summed E-state index contributed by atoms with van der Waals surface area (Å²) >= 11 is 0. The first-order valence-electron chi connectivity index (χ1n) is 2.84. The minimum Gasteiger partial charge on any atom is -0.380 e. The first kappa shape index (κ1) is 6.01. The molecule has 1 rings (SSSR count). The maximum atomic E-state index is 5.51. The molecule has 1 heterocycles. The molecule has 2 atom stereocenters. The Bertz CT molecular complexity index is 76.8. The summed E-state index contributed by atoms with van der Waals surface area (Å²) in [5.74, 6) is 0. The molecule has 0 radical (unpaired) electrons. The summed E-state index contributed by atoms with van der Waals surface area (Å²) in [6.45, 7) is 0.900. The van der Waals surface area contributed by atoms with Gasteiger partial charge in [0.2, 0.25) is 0 Å². The van der Waals surface area contributed by atoms with Crippen molar-refractivity contribution < 1.29 is 4.74 Å². The van der Waals surface area contributed by atoms with Crippen molar-refractivity contribution in [2.45, 2.75) is 18.7 Å². The standard InChI is InChI=1S/C5H12N2O/c1-8-4-2-5(6)7-3-4/h4-5,7H,2-3,6H2,1H3. The molecular formula is C5H12N2O. The zero-order valence-electron chi connectivity index (χ0n) is 5.05. The predicted molar refractivity (Wildman–Crippen MR) is 31.4 cm³/mol. The molecule has 3 N–H and O–H groups in total. The van der Waals surface area contributed by atoms with Gasteiger partial charge in [-0.1, -0.05) is 0 Å². The minimum atomic E-state index is 0.153. The Hall–Kier alpha value is -0.120. The molecule has 0 aliphatic carbocycles. The van der Waals surface area contributed by atoms with Crippen LogP contribution in [-0.4, -0.2) is 25.9 Å². The maximum Gasteiger partial charge on any atom is 0.0723 e. The molecule has 1 fully saturated rings. The second kappa shape index (κ2) is 2.44. The second-order valence-corrected chi connectivity index (χ2v) is 2.11. The van der Waals surface area contributed by atoms with Crippen molar-refractivity contribution in [2.24, 2.45) is 5.73 Å². The van der Waals surface area contributed by atoms with Crippen LogP contribution in [0.1, 0.15) is 6.42 Å². The number of hydrogen-bond donors (Lipinski definition) is 2. The van der Waals surface area contributed by atoms with Crippen LogP contribution < -0.4 is 11.1 Å². The molecule has 0 aromatic heterocycles. The summed E-state index contributed by atoms with van der Waals surface area (Å²) in [7, 11) is 1.71. The molecule has 1 aliphatic heterocycles. The van der Waals surface area contributed by atoms with Crippen LogP contribution in [0.4, 0.5) is 0 Å². The van der Waals surface area contributed by atoms with Gasteiger partial charge < -0.3 is 10.5 Å². The number of methoxy groups -OCH3 is 1. The van der Waals surface area contributed by atoms with Crippen LogP contribution in [0.2, 0.25) is 0 Å². The third-order valence-corrected chi connectivity index (χ3v) is 1.46. The molecule has 8 heavy (non-hydrogen) atoms. The number of hydrogen-bond acceptors (Lipinski definition) is 3.